The first kappa shape index (κ1) is 17.7. The standard InChI is InChI=1S/C23H22N4O2/c1-15-17(14-24-26(15)2)21(28)27-13-12-23(20(27)16-8-4-3-5-9-16)18-10-6-7-11-19(18)25-22(23)29/h3-11,14,20H,12-13H2,1-2H3,(H,25,29)/t20-,23+/m0/s1. The monoisotopic (exact) mass is 386 g/mol. The van der Waals surface area contributed by atoms with Gasteiger partial charge in [0.25, 0.3) is 5.91 Å². The van der Waals surface area contributed by atoms with Crippen LogP contribution in [0.3, 0.4) is 0 Å². The number of para-hydroxylation sites is 1. The van der Waals surface area contributed by atoms with Gasteiger partial charge in [-0.1, -0.05) is 48.5 Å². The average molecular weight is 386 g/mol. The Balaban J connectivity index is 1.68. The Hall–Kier alpha value is -3.41. The van der Waals surface area contributed by atoms with Crippen LogP contribution in [0.1, 0.15) is 39.6 Å². The number of nitrogens with zero attached hydrogens (tertiary/aromatic N) is 3. The van der Waals surface area contributed by atoms with Gasteiger partial charge in [0.05, 0.1) is 17.8 Å². The minimum atomic E-state index is -0.788. The summed E-state index contributed by atoms with van der Waals surface area (Å²) in [4.78, 5) is 28.8. The van der Waals surface area contributed by atoms with Crippen LogP contribution < -0.4 is 5.32 Å². The fourth-order valence-corrected chi connectivity index (χ4v) is 4.87. The molecular formula is C23H22N4O2. The topological polar surface area (TPSA) is 67.2 Å². The highest BCUT2D eigenvalue weighted by atomic mass is 16.2. The molecule has 1 N–H and O–H groups in total. The summed E-state index contributed by atoms with van der Waals surface area (Å²) in [6.07, 6.45) is 2.20. The van der Waals surface area contributed by atoms with E-state index in [1.807, 2.05) is 73.5 Å². The second-order valence-electron chi connectivity index (χ2n) is 7.80. The van der Waals surface area contributed by atoms with Crippen LogP contribution in [-0.4, -0.2) is 33.0 Å². The number of aryl methyl sites for hydroxylation is 1. The van der Waals surface area contributed by atoms with E-state index in [4.69, 9.17) is 0 Å². The van der Waals surface area contributed by atoms with Crippen molar-refractivity contribution in [3.05, 3.63) is 83.2 Å². The largest absolute Gasteiger partial charge is 0.330 e. The van der Waals surface area contributed by atoms with Crippen molar-refractivity contribution in [2.24, 2.45) is 7.05 Å². The molecule has 146 valence electrons. The van der Waals surface area contributed by atoms with Gasteiger partial charge in [-0.25, -0.2) is 0 Å². The number of benzene rings is 2. The number of anilines is 1. The number of nitrogens with one attached hydrogen (secondary N) is 1. The Morgan fingerprint density at radius 2 is 1.86 bits per heavy atom. The lowest BCUT2D eigenvalue weighted by molar-refractivity contribution is -0.121. The van der Waals surface area contributed by atoms with Gasteiger partial charge in [0.2, 0.25) is 5.91 Å². The smallest absolute Gasteiger partial charge is 0.257 e. The molecule has 2 aromatic carbocycles. The van der Waals surface area contributed by atoms with Gasteiger partial charge in [-0.15, -0.1) is 0 Å². The second-order valence-corrected chi connectivity index (χ2v) is 7.80. The van der Waals surface area contributed by atoms with Crippen molar-refractivity contribution in [1.29, 1.82) is 0 Å². The lowest BCUT2D eigenvalue weighted by Crippen LogP contribution is -2.42. The third kappa shape index (κ3) is 2.38. The zero-order chi connectivity index (χ0) is 20.2. The SMILES string of the molecule is Cc1c(C(=O)N2CC[C@]3(C(=O)Nc4ccccc43)[C@@H]2c2ccccc2)cnn1C. The van der Waals surface area contributed by atoms with E-state index >= 15 is 0 Å². The van der Waals surface area contributed by atoms with Crippen molar-refractivity contribution in [2.45, 2.75) is 24.8 Å². The fraction of sp³-hybridized carbons (Fsp3) is 0.261. The molecule has 0 bridgehead atoms. The second kappa shape index (κ2) is 6.30. The van der Waals surface area contributed by atoms with Crippen molar-refractivity contribution in [3.63, 3.8) is 0 Å². The first-order chi connectivity index (χ1) is 14.0. The van der Waals surface area contributed by atoms with E-state index in [0.29, 0.717) is 18.5 Å². The normalized spacial score (nSPS) is 22.8. The van der Waals surface area contributed by atoms with Gasteiger partial charge in [-0.2, -0.15) is 5.10 Å². The number of likely N-dealkylation sites (tertiary alicyclic amines) is 1. The molecule has 0 radical (unpaired) electrons. The molecule has 29 heavy (non-hydrogen) atoms. The summed E-state index contributed by atoms with van der Waals surface area (Å²) in [5, 5.41) is 7.29. The predicted molar refractivity (Wildman–Crippen MR) is 110 cm³/mol. The van der Waals surface area contributed by atoms with Crippen LogP contribution in [0.2, 0.25) is 0 Å². The van der Waals surface area contributed by atoms with Gasteiger partial charge in [0.1, 0.15) is 5.41 Å². The number of carbonyl (C=O) groups is 2. The molecule has 0 aliphatic carbocycles. The lowest BCUT2D eigenvalue weighted by Gasteiger charge is -2.34. The number of amides is 2. The van der Waals surface area contributed by atoms with Crippen molar-refractivity contribution in [3.8, 4) is 0 Å². The summed E-state index contributed by atoms with van der Waals surface area (Å²) in [6.45, 7) is 2.40. The van der Waals surface area contributed by atoms with Crippen LogP contribution >= 0.6 is 0 Å². The maximum absolute atomic E-state index is 13.6. The molecule has 2 atom stereocenters. The van der Waals surface area contributed by atoms with Gasteiger partial charge in [-0.3, -0.25) is 14.3 Å². The van der Waals surface area contributed by atoms with Crippen LogP contribution in [0.5, 0.6) is 0 Å². The molecule has 3 aromatic rings. The van der Waals surface area contributed by atoms with Crippen molar-refractivity contribution >= 4 is 17.5 Å². The third-order valence-corrected chi connectivity index (χ3v) is 6.43. The molecule has 1 fully saturated rings. The minimum absolute atomic E-state index is 0.0363. The summed E-state index contributed by atoms with van der Waals surface area (Å²) in [5.74, 6) is -0.121. The van der Waals surface area contributed by atoms with E-state index in [1.54, 1.807) is 10.9 Å². The summed E-state index contributed by atoms with van der Waals surface area (Å²) in [6, 6.07) is 17.3. The molecule has 6 heteroatoms. The maximum Gasteiger partial charge on any atom is 0.257 e. The number of hydrogen-bond donors (Lipinski definition) is 1. The zero-order valence-electron chi connectivity index (χ0n) is 16.4. The zero-order valence-corrected chi connectivity index (χ0v) is 16.4. The van der Waals surface area contributed by atoms with Crippen LogP contribution in [0.25, 0.3) is 0 Å². The molecule has 2 aliphatic rings. The molecule has 0 saturated carbocycles. The Kier molecular flexibility index (Phi) is 3.84. The molecular weight excluding hydrogens is 364 g/mol. The highest BCUT2D eigenvalue weighted by Crippen LogP contribution is 2.54. The van der Waals surface area contributed by atoms with Gasteiger partial charge >= 0.3 is 0 Å². The Labute approximate surface area is 169 Å². The summed E-state index contributed by atoms with van der Waals surface area (Å²) in [7, 11) is 1.83. The van der Waals surface area contributed by atoms with E-state index in [-0.39, 0.29) is 17.9 Å². The van der Waals surface area contributed by atoms with Crippen LogP contribution in [0.4, 0.5) is 5.69 Å². The number of rotatable bonds is 2. The molecule has 2 aliphatic heterocycles. The minimum Gasteiger partial charge on any atom is -0.330 e. The maximum atomic E-state index is 13.6. The molecule has 0 unspecified atom stereocenters. The first-order valence-corrected chi connectivity index (χ1v) is 9.79. The van der Waals surface area contributed by atoms with Gasteiger partial charge < -0.3 is 10.2 Å². The van der Waals surface area contributed by atoms with E-state index in [2.05, 4.69) is 10.4 Å². The van der Waals surface area contributed by atoms with Gasteiger partial charge in [-0.05, 0) is 30.5 Å². The molecule has 3 heterocycles. The number of carbonyl (C=O) groups excluding carboxylic acids is 2. The van der Waals surface area contributed by atoms with Crippen LogP contribution in [0, 0.1) is 6.92 Å². The molecule has 5 rings (SSSR count). The van der Waals surface area contributed by atoms with Gasteiger partial charge in [0.15, 0.2) is 0 Å². The summed E-state index contributed by atoms with van der Waals surface area (Å²) >= 11 is 0. The van der Waals surface area contributed by atoms with E-state index in [0.717, 1.165) is 22.5 Å². The van der Waals surface area contributed by atoms with E-state index < -0.39 is 5.41 Å². The average Bonchev–Trinajstić information content (AvgIpc) is 3.38. The van der Waals surface area contributed by atoms with Crippen molar-refractivity contribution in [1.82, 2.24) is 14.7 Å². The summed E-state index contributed by atoms with van der Waals surface area (Å²) < 4.78 is 1.70. The Bertz CT molecular complexity index is 1120. The summed E-state index contributed by atoms with van der Waals surface area (Å²) in [5.41, 5.74) is 3.38. The van der Waals surface area contributed by atoms with E-state index in [1.165, 1.54) is 0 Å². The molecule has 2 amide bonds. The Morgan fingerprint density at radius 3 is 2.59 bits per heavy atom. The van der Waals surface area contributed by atoms with Crippen LogP contribution in [-0.2, 0) is 17.3 Å². The first-order valence-electron chi connectivity index (χ1n) is 9.79. The highest BCUT2D eigenvalue weighted by molar-refractivity contribution is 6.08. The number of fused-ring (bicyclic) bond motifs is 2. The molecule has 6 nitrogen and oxygen atoms in total. The molecule has 1 spiro atoms. The lowest BCUT2D eigenvalue weighted by atomic mass is 9.72. The fourth-order valence-electron chi connectivity index (χ4n) is 4.87. The number of hydrogen-bond acceptors (Lipinski definition) is 3. The Morgan fingerprint density at radius 1 is 1.14 bits per heavy atom. The number of aromatic nitrogens is 2. The third-order valence-electron chi connectivity index (χ3n) is 6.43. The van der Waals surface area contributed by atoms with Gasteiger partial charge in [0, 0.05) is 25.0 Å². The predicted octanol–water partition coefficient (Wildman–Crippen LogP) is 3.21. The van der Waals surface area contributed by atoms with Crippen molar-refractivity contribution < 1.29 is 9.59 Å². The molecule has 1 aromatic heterocycles. The molecule has 1 saturated heterocycles. The van der Waals surface area contributed by atoms with E-state index in [9.17, 15) is 9.59 Å². The quantitative estimate of drug-likeness (QED) is 0.735. The van der Waals surface area contributed by atoms with Crippen LogP contribution in [0.15, 0.2) is 60.8 Å². The van der Waals surface area contributed by atoms with Crippen molar-refractivity contribution in [2.75, 3.05) is 11.9 Å². The highest BCUT2D eigenvalue weighted by Gasteiger charge is 2.59.